The lowest BCUT2D eigenvalue weighted by Gasteiger charge is -2.35. The van der Waals surface area contributed by atoms with Crippen molar-refractivity contribution in [3.8, 4) is 11.8 Å². The van der Waals surface area contributed by atoms with Crippen LogP contribution in [0.5, 0.6) is 0 Å². The Morgan fingerprint density at radius 1 is 0.913 bits per heavy atom. The summed E-state index contributed by atoms with van der Waals surface area (Å²) in [7, 11) is 0.742. The van der Waals surface area contributed by atoms with Gasteiger partial charge in [0, 0.05) is 86.0 Å². The summed E-state index contributed by atoms with van der Waals surface area (Å²) in [5, 5.41) is 9.33. The first kappa shape index (κ1) is 49.3. The summed E-state index contributed by atoms with van der Waals surface area (Å²) in [6.07, 6.45) is 11.2. The minimum atomic E-state index is -1.32. The van der Waals surface area contributed by atoms with E-state index >= 15 is 0 Å². The summed E-state index contributed by atoms with van der Waals surface area (Å²) in [5.41, 5.74) is 4.35. The highest BCUT2D eigenvalue weighted by molar-refractivity contribution is 6.76. The first-order valence-electron chi connectivity index (χ1n) is 24.5. The topological polar surface area (TPSA) is 161 Å². The maximum atomic E-state index is 13.7. The van der Waals surface area contributed by atoms with E-state index in [0.29, 0.717) is 35.5 Å². The molecule has 8 rings (SSSR count). The van der Waals surface area contributed by atoms with Crippen LogP contribution in [0.1, 0.15) is 129 Å². The Labute approximate surface area is 405 Å². The molecule has 1 N–H and O–H groups in total. The third kappa shape index (κ3) is 11.5. The van der Waals surface area contributed by atoms with Crippen LogP contribution in [0.15, 0.2) is 60.9 Å². The van der Waals surface area contributed by atoms with Crippen LogP contribution in [0.3, 0.4) is 0 Å². The average Bonchev–Trinajstić information content (AvgIpc) is 4.08. The maximum Gasteiger partial charge on any atom is 0.419 e. The number of anilines is 1. The zero-order valence-corrected chi connectivity index (χ0v) is 42.2. The normalized spacial score (nSPS) is 17.8. The molecule has 0 radical (unpaired) electrons. The van der Waals surface area contributed by atoms with Gasteiger partial charge in [-0.1, -0.05) is 62.9 Å². The van der Waals surface area contributed by atoms with Crippen molar-refractivity contribution < 1.29 is 33.4 Å². The van der Waals surface area contributed by atoms with Crippen molar-refractivity contribution in [2.24, 2.45) is 0 Å². The molecule has 69 heavy (non-hydrogen) atoms. The van der Waals surface area contributed by atoms with E-state index in [-0.39, 0.29) is 49.4 Å². The van der Waals surface area contributed by atoms with Gasteiger partial charge >= 0.3 is 6.09 Å². The molecule has 2 saturated heterocycles. The van der Waals surface area contributed by atoms with E-state index in [4.69, 9.17) is 9.47 Å². The quantitative estimate of drug-likeness (QED) is 0.0437. The molecule has 6 heterocycles. The fourth-order valence-electron chi connectivity index (χ4n) is 9.48. The van der Waals surface area contributed by atoms with Crippen molar-refractivity contribution in [3.05, 3.63) is 88.9 Å². The van der Waals surface area contributed by atoms with Crippen LogP contribution in [-0.2, 0) is 32.2 Å². The molecule has 5 aromatic rings. The average molecular weight is 955 g/mol. The molecule has 2 fully saturated rings. The van der Waals surface area contributed by atoms with E-state index < -0.39 is 25.8 Å². The Balaban J connectivity index is 0.811. The molecule has 0 aliphatic carbocycles. The number of ether oxygens (including phenoxy) is 2. The Morgan fingerprint density at radius 3 is 2.48 bits per heavy atom. The predicted octanol–water partition coefficient (Wildman–Crippen LogP) is 9.37. The van der Waals surface area contributed by atoms with Gasteiger partial charge in [-0.3, -0.25) is 33.7 Å². The number of benzene rings is 2. The van der Waals surface area contributed by atoms with Crippen LogP contribution in [0.2, 0.25) is 25.7 Å². The molecule has 364 valence electrons. The summed E-state index contributed by atoms with van der Waals surface area (Å²) in [6.45, 7) is 14.7. The van der Waals surface area contributed by atoms with Crippen molar-refractivity contribution in [2.75, 3.05) is 32.2 Å². The number of amides is 4. The number of fused-ring (bicyclic) bond motifs is 3. The van der Waals surface area contributed by atoms with Gasteiger partial charge in [0.15, 0.2) is 0 Å². The van der Waals surface area contributed by atoms with Crippen LogP contribution in [0.4, 0.5) is 10.6 Å². The van der Waals surface area contributed by atoms with Crippen LogP contribution >= 0.6 is 0 Å². The smallest absolute Gasteiger partial charge is 0.419 e. The van der Waals surface area contributed by atoms with Gasteiger partial charge in [0.2, 0.25) is 5.91 Å². The number of imide groups is 1. The maximum absolute atomic E-state index is 13.7. The Morgan fingerprint density at radius 2 is 1.71 bits per heavy atom. The number of hydrogen-bond acceptors (Lipinski definition) is 10. The summed E-state index contributed by atoms with van der Waals surface area (Å²) < 4.78 is 15.2. The molecule has 1 unspecified atom stereocenters. The summed E-state index contributed by atoms with van der Waals surface area (Å²) >= 11 is 0. The number of piperidine rings is 1. The Kier molecular flexibility index (Phi) is 14.9. The first-order chi connectivity index (χ1) is 33.0. The number of pyridine rings is 1. The molecule has 0 saturated carbocycles. The van der Waals surface area contributed by atoms with Gasteiger partial charge in [-0.25, -0.2) is 14.3 Å². The van der Waals surface area contributed by atoms with Crippen molar-refractivity contribution >= 4 is 65.4 Å². The van der Waals surface area contributed by atoms with E-state index in [9.17, 15) is 24.0 Å². The lowest BCUT2D eigenvalue weighted by atomic mass is 10.0. The molecule has 0 bridgehead atoms. The summed E-state index contributed by atoms with van der Waals surface area (Å²) in [6, 6.07) is 15.1. The van der Waals surface area contributed by atoms with Gasteiger partial charge in [-0.15, -0.1) is 0 Å². The van der Waals surface area contributed by atoms with Crippen LogP contribution in [-0.4, -0.2) is 110 Å². The molecule has 3 aliphatic rings. The second kappa shape index (κ2) is 20.8. The van der Waals surface area contributed by atoms with Crippen LogP contribution in [0.25, 0.3) is 21.8 Å². The minimum Gasteiger partial charge on any atom is -0.443 e. The Hall–Kier alpha value is -6.15. The zero-order chi connectivity index (χ0) is 49.0. The van der Waals surface area contributed by atoms with Gasteiger partial charge in [0.1, 0.15) is 24.2 Å². The number of likely N-dealkylation sites (tertiary alicyclic amines) is 2. The third-order valence-corrected chi connectivity index (χ3v) is 15.0. The highest BCUT2D eigenvalue weighted by Gasteiger charge is 2.43. The number of rotatable bonds is 16. The molecule has 0 spiro atoms. The molecule has 3 aliphatic heterocycles. The lowest BCUT2D eigenvalue weighted by Crippen LogP contribution is -2.55. The van der Waals surface area contributed by atoms with Crippen molar-refractivity contribution in [1.29, 1.82) is 0 Å². The van der Waals surface area contributed by atoms with E-state index in [1.54, 1.807) is 33.9 Å². The summed E-state index contributed by atoms with van der Waals surface area (Å²) in [5.74, 6) is 5.80. The van der Waals surface area contributed by atoms with Gasteiger partial charge in [0.25, 0.3) is 17.7 Å². The number of hydrogen-bond donors (Lipinski definition) is 1. The predicted molar refractivity (Wildman–Crippen MR) is 268 cm³/mol. The lowest BCUT2D eigenvalue weighted by molar-refractivity contribution is -0.158. The van der Waals surface area contributed by atoms with Crippen LogP contribution < -0.4 is 5.32 Å². The molecule has 15 nitrogen and oxygen atoms in total. The van der Waals surface area contributed by atoms with Crippen molar-refractivity contribution in [1.82, 2.24) is 34.0 Å². The van der Waals surface area contributed by atoms with E-state index in [2.05, 4.69) is 58.8 Å². The first-order valence-corrected chi connectivity index (χ1v) is 28.2. The molecule has 4 amide bonds. The Bertz CT molecular complexity index is 2830. The fourth-order valence-corrected chi connectivity index (χ4v) is 10.2. The number of unbranched alkanes of at least 4 members (excludes halogenated alkanes) is 5. The highest BCUT2D eigenvalue weighted by atomic mass is 28.3. The molecular weight excluding hydrogens is 889 g/mol. The van der Waals surface area contributed by atoms with Crippen LogP contribution in [0, 0.1) is 11.8 Å². The van der Waals surface area contributed by atoms with Crippen molar-refractivity contribution in [2.45, 2.75) is 141 Å². The molecule has 3 aromatic heterocycles. The molecule has 2 aromatic carbocycles. The monoisotopic (exact) mass is 954 g/mol. The van der Waals surface area contributed by atoms with Gasteiger partial charge in [-0.2, -0.15) is 5.10 Å². The number of nitrogens with one attached hydrogen (secondary N) is 1. The van der Waals surface area contributed by atoms with E-state index in [0.717, 1.165) is 104 Å². The second-order valence-electron chi connectivity index (χ2n) is 20.9. The highest BCUT2D eigenvalue weighted by Crippen LogP contribution is 2.36. The number of carbonyl (C=O) groups is 5. The minimum absolute atomic E-state index is 0.0680. The standard InChI is InChI=1S/C53H66N8O7Si/c1-53(2,3)68-52(66)61-45-31-47(54-32-39(45)30-46(61)42-20-16-25-57(42)4)56-49(63)37-21-22-38-33-55-60(44(38)29-37)26-14-12-10-8-9-11-13-17-36-18-15-19-40-41(36)34-58(50(40)64)43-23-24-48(62)59(51(43)65)35-67-27-28-69(5,6)7/h15,18-19,21-22,29-33,42-43H,8-12,14,16,20,23-28,34-35H2,1-7H3,(H,54,56,63)/t42-,43?/m1/s1. The van der Waals surface area contributed by atoms with E-state index in [1.807, 2.05) is 62.0 Å². The fraction of sp³-hybridized carbons (Fsp3) is 0.491. The van der Waals surface area contributed by atoms with Gasteiger partial charge in [0.05, 0.1) is 23.3 Å². The summed E-state index contributed by atoms with van der Waals surface area (Å²) in [4.78, 5) is 76.7. The molecule has 2 atom stereocenters. The molecule has 16 heteroatoms. The zero-order valence-electron chi connectivity index (χ0n) is 41.2. The second-order valence-corrected chi connectivity index (χ2v) is 26.5. The van der Waals surface area contributed by atoms with Crippen molar-refractivity contribution in [3.63, 3.8) is 0 Å². The third-order valence-electron chi connectivity index (χ3n) is 13.3. The molecular formula is C53H66N8O7Si. The number of aromatic nitrogens is 4. The van der Waals surface area contributed by atoms with Gasteiger partial charge < -0.3 is 19.7 Å². The van der Waals surface area contributed by atoms with Gasteiger partial charge in [-0.05, 0) is 108 Å². The number of nitrogens with zero attached hydrogens (tertiary/aromatic N) is 7. The SMILES string of the molecule is CN1CCC[C@@H]1c1cc2cnc(NC(=O)c3ccc4cnn(CCCCCCCC#Cc5cccc6c5CN(C5CCC(=O)N(COCC[Si](C)(C)C)C5=O)C6=O)c4c3)cc2n1C(=O)OC(C)(C)C. The number of aryl methyl sites for hydroxylation is 1. The van der Waals surface area contributed by atoms with E-state index in [1.165, 1.54) is 4.90 Å². The number of carbonyl (C=O) groups excluding carboxylic acids is 5. The largest absolute Gasteiger partial charge is 0.443 e.